The molecule has 0 aliphatic carbocycles. The van der Waals surface area contributed by atoms with Crippen LogP contribution < -0.4 is 10.6 Å². The van der Waals surface area contributed by atoms with E-state index < -0.39 is 0 Å². The summed E-state index contributed by atoms with van der Waals surface area (Å²) in [4.78, 5) is 25.6. The van der Waals surface area contributed by atoms with Gasteiger partial charge in [-0.1, -0.05) is 30.3 Å². The summed E-state index contributed by atoms with van der Waals surface area (Å²) in [5.41, 5.74) is 1.39. The smallest absolute Gasteiger partial charge is 0.239 e. The van der Waals surface area contributed by atoms with E-state index in [1.165, 1.54) is 5.56 Å². The van der Waals surface area contributed by atoms with Crippen molar-refractivity contribution in [2.45, 2.75) is 39.2 Å². The number of nitrogens with one attached hydrogen (secondary N) is 2. The van der Waals surface area contributed by atoms with E-state index in [2.05, 4.69) is 39.8 Å². The number of hydrogen-bond donors (Lipinski definition) is 2. The van der Waals surface area contributed by atoms with Crippen LogP contribution in [-0.2, 0) is 16.0 Å². The second-order valence-corrected chi connectivity index (χ2v) is 6.91. The van der Waals surface area contributed by atoms with E-state index in [0.717, 1.165) is 32.4 Å². The van der Waals surface area contributed by atoms with Gasteiger partial charge in [0.05, 0.1) is 13.1 Å². The fourth-order valence-electron chi connectivity index (χ4n) is 3.11. The first-order valence-electron chi connectivity index (χ1n) is 8.85. The molecule has 0 atom stereocenters. The van der Waals surface area contributed by atoms with E-state index >= 15 is 0 Å². The molecule has 0 saturated carbocycles. The van der Waals surface area contributed by atoms with Crippen molar-refractivity contribution in [3.8, 4) is 0 Å². The highest BCUT2D eigenvalue weighted by atomic mass is 16.2. The summed E-state index contributed by atoms with van der Waals surface area (Å²) < 4.78 is 0. The van der Waals surface area contributed by atoms with Crippen molar-refractivity contribution < 1.29 is 9.59 Å². The van der Waals surface area contributed by atoms with Crippen LogP contribution in [0.5, 0.6) is 0 Å². The average molecular weight is 331 g/mol. The molecule has 1 aromatic rings. The first-order chi connectivity index (χ1) is 11.5. The van der Waals surface area contributed by atoms with Crippen LogP contribution in [0, 0.1) is 5.92 Å². The summed E-state index contributed by atoms with van der Waals surface area (Å²) in [5.74, 6) is 0.485. The topological polar surface area (TPSA) is 61.4 Å². The van der Waals surface area contributed by atoms with Crippen molar-refractivity contribution in [3.63, 3.8) is 0 Å². The highest BCUT2D eigenvalue weighted by Gasteiger charge is 2.21. The molecular formula is C19H29N3O2. The fourth-order valence-corrected chi connectivity index (χ4v) is 3.11. The molecule has 24 heavy (non-hydrogen) atoms. The van der Waals surface area contributed by atoms with Crippen LogP contribution in [0.2, 0.25) is 0 Å². The predicted octanol–water partition coefficient (Wildman–Crippen LogP) is 1.58. The molecule has 0 radical (unpaired) electrons. The van der Waals surface area contributed by atoms with Gasteiger partial charge in [-0.05, 0) is 57.7 Å². The molecule has 1 saturated heterocycles. The molecular weight excluding hydrogens is 302 g/mol. The van der Waals surface area contributed by atoms with Crippen LogP contribution in [0.15, 0.2) is 30.3 Å². The van der Waals surface area contributed by atoms with Gasteiger partial charge in [-0.2, -0.15) is 0 Å². The van der Waals surface area contributed by atoms with Crippen molar-refractivity contribution in [2.75, 3.05) is 26.2 Å². The van der Waals surface area contributed by atoms with E-state index in [9.17, 15) is 9.59 Å². The maximum atomic E-state index is 11.9. The molecule has 2 N–H and O–H groups in total. The minimum atomic E-state index is -0.139. The van der Waals surface area contributed by atoms with Crippen molar-refractivity contribution >= 4 is 11.8 Å². The average Bonchev–Trinajstić information content (AvgIpc) is 2.55. The van der Waals surface area contributed by atoms with Gasteiger partial charge in [0, 0.05) is 6.04 Å². The van der Waals surface area contributed by atoms with Crippen molar-refractivity contribution in [3.05, 3.63) is 35.9 Å². The van der Waals surface area contributed by atoms with Gasteiger partial charge in [-0.3, -0.25) is 14.5 Å². The summed E-state index contributed by atoms with van der Waals surface area (Å²) in [7, 11) is 0. The Morgan fingerprint density at radius 3 is 2.42 bits per heavy atom. The Kier molecular flexibility index (Phi) is 7.25. The molecule has 1 aromatic carbocycles. The van der Waals surface area contributed by atoms with E-state index in [-0.39, 0.29) is 24.4 Å². The van der Waals surface area contributed by atoms with Crippen LogP contribution >= 0.6 is 0 Å². The number of hydrogen-bond acceptors (Lipinski definition) is 3. The molecule has 2 rings (SSSR count). The van der Waals surface area contributed by atoms with Crippen LogP contribution in [-0.4, -0.2) is 48.9 Å². The molecule has 0 aromatic heterocycles. The summed E-state index contributed by atoms with van der Waals surface area (Å²) in [6.45, 7) is 6.14. The monoisotopic (exact) mass is 331 g/mol. The lowest BCUT2D eigenvalue weighted by atomic mass is 9.90. The molecule has 1 fully saturated rings. The number of carbonyl (C=O) groups is 2. The molecule has 1 aliphatic rings. The zero-order valence-corrected chi connectivity index (χ0v) is 14.8. The number of carbonyl (C=O) groups excluding carboxylic acids is 2. The van der Waals surface area contributed by atoms with Crippen LogP contribution in [0.3, 0.4) is 0 Å². The van der Waals surface area contributed by atoms with Crippen molar-refractivity contribution in [1.82, 2.24) is 15.5 Å². The third kappa shape index (κ3) is 6.71. The SMILES string of the molecule is CC(C)NC(=O)CNC(=O)CN1CCC(Cc2ccccc2)CC1. The molecule has 1 heterocycles. The Balaban J connectivity index is 1.63. The fraction of sp³-hybridized carbons (Fsp3) is 0.579. The van der Waals surface area contributed by atoms with E-state index in [1.807, 2.05) is 19.9 Å². The van der Waals surface area contributed by atoms with E-state index in [0.29, 0.717) is 12.5 Å². The Morgan fingerprint density at radius 1 is 1.12 bits per heavy atom. The minimum Gasteiger partial charge on any atom is -0.352 e. The van der Waals surface area contributed by atoms with Gasteiger partial charge in [0.15, 0.2) is 0 Å². The lowest BCUT2D eigenvalue weighted by Gasteiger charge is -2.31. The Labute approximate surface area is 144 Å². The maximum absolute atomic E-state index is 11.9. The van der Waals surface area contributed by atoms with Crippen molar-refractivity contribution in [2.24, 2.45) is 5.92 Å². The van der Waals surface area contributed by atoms with Gasteiger partial charge in [0.1, 0.15) is 0 Å². The van der Waals surface area contributed by atoms with E-state index in [4.69, 9.17) is 0 Å². The highest BCUT2D eigenvalue weighted by Crippen LogP contribution is 2.21. The molecule has 5 nitrogen and oxygen atoms in total. The van der Waals surface area contributed by atoms with E-state index in [1.54, 1.807) is 0 Å². The van der Waals surface area contributed by atoms with Crippen molar-refractivity contribution in [1.29, 1.82) is 0 Å². The van der Waals surface area contributed by atoms with Crippen LogP contribution in [0.1, 0.15) is 32.3 Å². The number of piperidine rings is 1. The second kappa shape index (κ2) is 9.42. The Hall–Kier alpha value is -1.88. The zero-order chi connectivity index (χ0) is 17.4. The van der Waals surface area contributed by atoms with Crippen LogP contribution in [0.4, 0.5) is 0 Å². The zero-order valence-electron chi connectivity index (χ0n) is 14.8. The molecule has 132 valence electrons. The van der Waals surface area contributed by atoms with Gasteiger partial charge in [-0.15, -0.1) is 0 Å². The number of rotatable bonds is 7. The Bertz CT molecular complexity index is 523. The number of nitrogens with zero attached hydrogens (tertiary/aromatic N) is 1. The quantitative estimate of drug-likeness (QED) is 0.797. The third-order valence-electron chi connectivity index (χ3n) is 4.34. The van der Waals surface area contributed by atoms with Gasteiger partial charge >= 0.3 is 0 Å². The first kappa shape index (κ1) is 18.5. The maximum Gasteiger partial charge on any atom is 0.239 e. The summed E-state index contributed by atoms with van der Waals surface area (Å²) >= 11 is 0. The van der Waals surface area contributed by atoms with Crippen LogP contribution in [0.25, 0.3) is 0 Å². The van der Waals surface area contributed by atoms with Gasteiger partial charge < -0.3 is 10.6 Å². The third-order valence-corrected chi connectivity index (χ3v) is 4.34. The minimum absolute atomic E-state index is 0.0570. The first-order valence-corrected chi connectivity index (χ1v) is 8.85. The molecule has 5 heteroatoms. The highest BCUT2D eigenvalue weighted by molar-refractivity contribution is 5.85. The molecule has 0 unspecified atom stereocenters. The molecule has 0 spiro atoms. The summed E-state index contributed by atoms with van der Waals surface area (Å²) in [6.07, 6.45) is 3.36. The standard InChI is InChI=1S/C19H29N3O2/c1-15(2)21-18(23)13-20-19(24)14-22-10-8-17(9-11-22)12-16-6-4-3-5-7-16/h3-7,15,17H,8-14H2,1-2H3,(H,20,24)(H,21,23). The lowest BCUT2D eigenvalue weighted by Crippen LogP contribution is -2.45. The lowest BCUT2D eigenvalue weighted by molar-refractivity contribution is -0.127. The largest absolute Gasteiger partial charge is 0.352 e. The normalized spacial score (nSPS) is 16.1. The molecule has 0 bridgehead atoms. The number of likely N-dealkylation sites (tertiary alicyclic amines) is 1. The van der Waals surface area contributed by atoms with Gasteiger partial charge in [0.2, 0.25) is 11.8 Å². The second-order valence-electron chi connectivity index (χ2n) is 6.91. The summed E-state index contributed by atoms with van der Waals surface area (Å²) in [5, 5.41) is 5.46. The van der Waals surface area contributed by atoms with Gasteiger partial charge in [-0.25, -0.2) is 0 Å². The molecule has 1 aliphatic heterocycles. The molecule has 2 amide bonds. The summed E-state index contributed by atoms with van der Waals surface area (Å²) in [6, 6.07) is 10.7. The Morgan fingerprint density at radius 2 is 1.79 bits per heavy atom. The van der Waals surface area contributed by atoms with Gasteiger partial charge in [0.25, 0.3) is 0 Å². The number of benzene rings is 1. The predicted molar refractivity (Wildman–Crippen MR) is 95.6 cm³/mol. The number of amides is 2.